The molecule has 0 fully saturated rings. The van der Waals surface area contributed by atoms with Crippen LogP contribution in [-0.4, -0.2) is 22.1 Å². The van der Waals surface area contributed by atoms with Gasteiger partial charge in [-0.25, -0.2) is 15.0 Å². The lowest BCUT2D eigenvalue weighted by atomic mass is 10.4. The predicted molar refractivity (Wildman–Crippen MR) is 53.9 cm³/mol. The first kappa shape index (κ1) is 9.43. The first-order valence-electron chi connectivity index (χ1n) is 3.74. The number of hydrogen-bond donors (Lipinski definition) is 0. The van der Waals surface area contributed by atoms with E-state index in [1.807, 2.05) is 0 Å². The molecule has 6 heteroatoms. The third-order valence-electron chi connectivity index (χ3n) is 1.67. The van der Waals surface area contributed by atoms with Crippen LogP contribution < -0.4 is 4.74 Å². The van der Waals surface area contributed by atoms with Gasteiger partial charge in [0.25, 0.3) is 0 Å². The van der Waals surface area contributed by atoms with Gasteiger partial charge in [0.1, 0.15) is 5.75 Å². The van der Waals surface area contributed by atoms with Crippen LogP contribution in [0.2, 0.25) is 10.3 Å². The molecule has 0 amide bonds. The lowest BCUT2D eigenvalue weighted by molar-refractivity contribution is 0.418. The van der Waals surface area contributed by atoms with Gasteiger partial charge in [0.2, 0.25) is 0 Å². The Labute approximate surface area is 89.9 Å². The summed E-state index contributed by atoms with van der Waals surface area (Å²) in [4.78, 5) is 12.0. The second kappa shape index (κ2) is 3.55. The van der Waals surface area contributed by atoms with Crippen LogP contribution >= 0.6 is 23.2 Å². The zero-order valence-corrected chi connectivity index (χ0v) is 8.67. The van der Waals surface area contributed by atoms with Crippen molar-refractivity contribution in [1.82, 2.24) is 15.0 Å². The Morgan fingerprint density at radius 2 is 1.93 bits per heavy atom. The molecule has 14 heavy (non-hydrogen) atoms. The molecule has 0 saturated carbocycles. The van der Waals surface area contributed by atoms with Gasteiger partial charge in [-0.05, 0) is 0 Å². The fourth-order valence-corrected chi connectivity index (χ4v) is 1.31. The minimum Gasteiger partial charge on any atom is -0.494 e. The van der Waals surface area contributed by atoms with Crippen LogP contribution in [0.1, 0.15) is 0 Å². The van der Waals surface area contributed by atoms with Crippen LogP contribution in [0.15, 0.2) is 12.3 Å². The molecule has 0 unspecified atom stereocenters. The number of ether oxygens (including phenoxy) is 1. The largest absolute Gasteiger partial charge is 0.494 e. The van der Waals surface area contributed by atoms with Gasteiger partial charge >= 0.3 is 0 Å². The van der Waals surface area contributed by atoms with E-state index in [2.05, 4.69) is 15.0 Å². The number of hydrogen-bond acceptors (Lipinski definition) is 4. The monoisotopic (exact) mass is 229 g/mol. The van der Waals surface area contributed by atoms with Crippen LogP contribution in [0, 0.1) is 0 Å². The van der Waals surface area contributed by atoms with Crippen molar-refractivity contribution in [1.29, 1.82) is 0 Å². The molecule has 2 aromatic heterocycles. The molecule has 0 saturated heterocycles. The van der Waals surface area contributed by atoms with E-state index in [0.29, 0.717) is 16.9 Å². The van der Waals surface area contributed by atoms with Gasteiger partial charge in [-0.15, -0.1) is 0 Å². The summed E-state index contributed by atoms with van der Waals surface area (Å²) in [5, 5.41) is 0.283. The number of halogens is 2. The lowest BCUT2D eigenvalue weighted by Crippen LogP contribution is -1.93. The van der Waals surface area contributed by atoms with Crippen LogP contribution in [-0.2, 0) is 0 Å². The molecule has 0 aliphatic rings. The van der Waals surface area contributed by atoms with Crippen molar-refractivity contribution in [3.63, 3.8) is 0 Å². The third-order valence-corrected chi connectivity index (χ3v) is 2.30. The van der Waals surface area contributed by atoms with Gasteiger partial charge in [-0.2, -0.15) is 0 Å². The highest BCUT2D eigenvalue weighted by Gasteiger charge is 2.09. The van der Waals surface area contributed by atoms with Crippen LogP contribution in [0.4, 0.5) is 0 Å². The highest BCUT2D eigenvalue weighted by Crippen LogP contribution is 2.25. The quantitative estimate of drug-likeness (QED) is 0.754. The fraction of sp³-hybridized carbons (Fsp3) is 0.125. The van der Waals surface area contributed by atoms with Crippen LogP contribution in [0.25, 0.3) is 11.2 Å². The summed E-state index contributed by atoms with van der Waals surface area (Å²) in [5.41, 5.74) is 0.920. The smallest absolute Gasteiger partial charge is 0.183 e. The molecule has 0 atom stereocenters. The standard InChI is InChI=1S/C8H5Cl2N3O/c1-14-4-2-3-11-8-5(4)12-6(9)7(10)13-8/h2-3H,1H3. The maximum absolute atomic E-state index is 5.73. The minimum absolute atomic E-state index is 0.139. The van der Waals surface area contributed by atoms with Gasteiger partial charge < -0.3 is 4.74 Å². The van der Waals surface area contributed by atoms with Gasteiger partial charge in [-0.3, -0.25) is 0 Å². The Hall–Kier alpha value is -1.13. The Morgan fingerprint density at radius 1 is 1.21 bits per heavy atom. The van der Waals surface area contributed by atoms with Crippen molar-refractivity contribution in [3.05, 3.63) is 22.6 Å². The minimum atomic E-state index is 0.139. The molecule has 4 nitrogen and oxygen atoms in total. The van der Waals surface area contributed by atoms with Crippen molar-refractivity contribution >= 4 is 34.4 Å². The number of aromatic nitrogens is 3. The Balaban J connectivity index is 2.81. The van der Waals surface area contributed by atoms with Crippen molar-refractivity contribution in [2.75, 3.05) is 7.11 Å². The van der Waals surface area contributed by atoms with E-state index in [1.54, 1.807) is 19.4 Å². The highest BCUT2D eigenvalue weighted by atomic mass is 35.5. The summed E-state index contributed by atoms with van der Waals surface area (Å²) >= 11 is 11.4. The topological polar surface area (TPSA) is 47.9 Å². The first-order chi connectivity index (χ1) is 6.72. The van der Waals surface area contributed by atoms with E-state index < -0.39 is 0 Å². The average Bonchev–Trinajstić information content (AvgIpc) is 2.19. The van der Waals surface area contributed by atoms with Crippen molar-refractivity contribution < 1.29 is 4.74 Å². The van der Waals surface area contributed by atoms with Crippen LogP contribution in [0.3, 0.4) is 0 Å². The molecule has 2 aromatic rings. The van der Waals surface area contributed by atoms with Gasteiger partial charge in [0, 0.05) is 12.3 Å². The zero-order chi connectivity index (χ0) is 10.1. The molecular formula is C8H5Cl2N3O. The van der Waals surface area contributed by atoms with Crippen LogP contribution in [0.5, 0.6) is 5.75 Å². The van der Waals surface area contributed by atoms with Crippen molar-refractivity contribution in [2.45, 2.75) is 0 Å². The molecule has 0 aliphatic carbocycles. The van der Waals surface area contributed by atoms with Gasteiger partial charge in [0.05, 0.1) is 7.11 Å². The molecule has 0 N–H and O–H groups in total. The van der Waals surface area contributed by atoms with E-state index in [9.17, 15) is 0 Å². The second-order valence-electron chi connectivity index (χ2n) is 2.49. The van der Waals surface area contributed by atoms with E-state index in [4.69, 9.17) is 27.9 Å². The summed E-state index contributed by atoms with van der Waals surface area (Å²) in [5.74, 6) is 0.570. The molecule has 72 valence electrons. The van der Waals surface area contributed by atoms with E-state index in [0.717, 1.165) is 0 Å². The van der Waals surface area contributed by atoms with E-state index >= 15 is 0 Å². The molecule has 0 aromatic carbocycles. The molecule has 2 rings (SSSR count). The summed E-state index contributed by atoms with van der Waals surface area (Å²) in [6, 6.07) is 1.68. The number of methoxy groups -OCH3 is 1. The molecular weight excluding hydrogens is 225 g/mol. The number of nitrogens with zero attached hydrogens (tertiary/aromatic N) is 3. The summed E-state index contributed by atoms with van der Waals surface area (Å²) in [7, 11) is 1.54. The lowest BCUT2D eigenvalue weighted by Gasteiger charge is -2.03. The number of pyridine rings is 1. The average molecular weight is 230 g/mol. The molecule has 0 spiro atoms. The zero-order valence-electron chi connectivity index (χ0n) is 7.16. The molecule has 0 aliphatic heterocycles. The second-order valence-corrected chi connectivity index (χ2v) is 3.21. The summed E-state index contributed by atoms with van der Waals surface area (Å²) < 4.78 is 5.08. The number of fused-ring (bicyclic) bond motifs is 1. The van der Waals surface area contributed by atoms with E-state index in [1.165, 1.54) is 0 Å². The maximum atomic E-state index is 5.73. The third kappa shape index (κ3) is 1.47. The molecule has 0 radical (unpaired) electrons. The first-order valence-corrected chi connectivity index (χ1v) is 4.49. The molecule has 2 heterocycles. The highest BCUT2D eigenvalue weighted by molar-refractivity contribution is 6.40. The van der Waals surface area contributed by atoms with Crippen molar-refractivity contribution in [2.24, 2.45) is 0 Å². The Bertz CT molecular complexity index is 489. The number of rotatable bonds is 1. The summed E-state index contributed by atoms with van der Waals surface area (Å²) in [6.45, 7) is 0. The Kier molecular flexibility index (Phi) is 2.39. The summed E-state index contributed by atoms with van der Waals surface area (Å²) in [6.07, 6.45) is 1.57. The van der Waals surface area contributed by atoms with Gasteiger partial charge in [-0.1, -0.05) is 23.2 Å². The fourth-order valence-electron chi connectivity index (χ4n) is 1.06. The predicted octanol–water partition coefficient (Wildman–Crippen LogP) is 2.34. The normalized spacial score (nSPS) is 10.5. The molecule has 0 bridgehead atoms. The van der Waals surface area contributed by atoms with E-state index in [-0.39, 0.29) is 10.3 Å². The van der Waals surface area contributed by atoms with Gasteiger partial charge in [0.15, 0.2) is 21.5 Å². The van der Waals surface area contributed by atoms with Crippen molar-refractivity contribution in [3.8, 4) is 5.75 Å². The Morgan fingerprint density at radius 3 is 2.64 bits per heavy atom. The SMILES string of the molecule is COc1ccnc2nc(Cl)c(Cl)nc12. The maximum Gasteiger partial charge on any atom is 0.183 e.